The molecule has 2 aromatic rings. The van der Waals surface area contributed by atoms with E-state index in [9.17, 15) is 9.18 Å². The number of aromatic nitrogens is 1. The topological polar surface area (TPSA) is 42.0 Å². The van der Waals surface area contributed by atoms with Crippen LogP contribution in [-0.4, -0.2) is 10.9 Å². The van der Waals surface area contributed by atoms with Crippen molar-refractivity contribution >= 4 is 55.1 Å². The number of halogens is 4. The highest BCUT2D eigenvalue weighted by Gasteiger charge is 2.14. The summed E-state index contributed by atoms with van der Waals surface area (Å²) in [7, 11) is 0. The van der Waals surface area contributed by atoms with Gasteiger partial charge in [-0.25, -0.2) is 9.37 Å². The third-order valence-electron chi connectivity index (χ3n) is 2.25. The lowest BCUT2D eigenvalue weighted by atomic mass is 10.2. The summed E-state index contributed by atoms with van der Waals surface area (Å²) >= 11 is 12.0. The summed E-state index contributed by atoms with van der Waals surface area (Å²) in [6.07, 6.45) is 1.39. The van der Waals surface area contributed by atoms with Crippen LogP contribution in [0.2, 0.25) is 5.15 Å². The van der Waals surface area contributed by atoms with Crippen LogP contribution in [0.4, 0.5) is 10.1 Å². The zero-order chi connectivity index (χ0) is 14.0. The average Bonchev–Trinajstić information content (AvgIpc) is 2.37. The van der Waals surface area contributed by atoms with Crippen molar-refractivity contribution in [2.24, 2.45) is 0 Å². The maximum atomic E-state index is 13.7. The Morgan fingerprint density at radius 2 is 2.05 bits per heavy atom. The van der Waals surface area contributed by atoms with Gasteiger partial charge >= 0.3 is 0 Å². The molecule has 0 radical (unpaired) electrons. The van der Waals surface area contributed by atoms with E-state index in [2.05, 4.69) is 42.2 Å². The quantitative estimate of drug-likeness (QED) is 0.735. The van der Waals surface area contributed by atoms with Crippen LogP contribution in [-0.2, 0) is 0 Å². The van der Waals surface area contributed by atoms with Crippen LogP contribution in [0.1, 0.15) is 10.4 Å². The lowest BCUT2D eigenvalue weighted by molar-refractivity contribution is 0.102. The van der Waals surface area contributed by atoms with Crippen LogP contribution in [0, 0.1) is 5.82 Å². The van der Waals surface area contributed by atoms with E-state index in [1.165, 1.54) is 18.3 Å². The fraction of sp³-hybridized carbons (Fsp3) is 0. The van der Waals surface area contributed by atoms with Crippen LogP contribution in [0.25, 0.3) is 0 Å². The number of amides is 1. The van der Waals surface area contributed by atoms with Crippen molar-refractivity contribution in [2.45, 2.75) is 0 Å². The summed E-state index contributed by atoms with van der Waals surface area (Å²) in [5, 5.41) is 2.83. The molecule has 1 amide bonds. The van der Waals surface area contributed by atoms with Crippen LogP contribution in [0.15, 0.2) is 39.4 Å². The molecule has 1 N–H and O–H groups in total. The third kappa shape index (κ3) is 3.32. The maximum Gasteiger partial charge on any atom is 0.258 e. The summed E-state index contributed by atoms with van der Waals surface area (Å²) in [5.41, 5.74) is 0.362. The minimum atomic E-state index is -0.610. The third-order valence-corrected chi connectivity index (χ3v) is 4.00. The largest absolute Gasteiger partial charge is 0.320 e. The molecule has 0 saturated carbocycles. The molecule has 98 valence electrons. The van der Waals surface area contributed by atoms with E-state index >= 15 is 0 Å². The van der Waals surface area contributed by atoms with E-state index in [1.807, 2.05) is 0 Å². The van der Waals surface area contributed by atoms with Gasteiger partial charge in [-0.15, -0.1) is 0 Å². The van der Waals surface area contributed by atoms with Crippen LogP contribution < -0.4 is 5.32 Å². The second-order valence-electron chi connectivity index (χ2n) is 3.55. The van der Waals surface area contributed by atoms with Gasteiger partial charge < -0.3 is 5.32 Å². The first kappa shape index (κ1) is 14.4. The Morgan fingerprint density at radius 3 is 2.74 bits per heavy atom. The van der Waals surface area contributed by atoms with Gasteiger partial charge in [-0.1, -0.05) is 17.7 Å². The Morgan fingerprint density at radius 1 is 1.32 bits per heavy atom. The van der Waals surface area contributed by atoms with E-state index in [-0.39, 0.29) is 15.2 Å². The average molecular weight is 408 g/mol. The number of nitrogens with one attached hydrogen (secondary N) is 1. The molecule has 0 saturated heterocycles. The number of rotatable bonds is 2. The highest BCUT2D eigenvalue weighted by Crippen LogP contribution is 2.24. The number of anilines is 1. The summed E-state index contributed by atoms with van der Waals surface area (Å²) < 4.78 is 14.5. The number of nitrogens with zero attached hydrogens (tertiary/aromatic N) is 1. The monoisotopic (exact) mass is 406 g/mol. The standard InChI is InChI=1S/C12H6Br2ClFN2O/c13-8-3-1-2-7(10(8)16)12(19)18-6-4-9(14)11(15)17-5-6/h1-5H,(H,18,19). The molecule has 0 atom stereocenters. The molecule has 3 nitrogen and oxygen atoms in total. The second-order valence-corrected chi connectivity index (χ2v) is 5.62. The van der Waals surface area contributed by atoms with Crippen molar-refractivity contribution in [2.75, 3.05) is 5.32 Å². The van der Waals surface area contributed by atoms with E-state index in [1.54, 1.807) is 12.1 Å². The molecular weight excluding hydrogens is 402 g/mol. The number of carbonyl (C=O) groups is 1. The summed E-state index contributed by atoms with van der Waals surface area (Å²) in [5.74, 6) is -1.17. The number of pyridine rings is 1. The van der Waals surface area contributed by atoms with Gasteiger partial charge in [-0.05, 0) is 50.1 Å². The van der Waals surface area contributed by atoms with Gasteiger partial charge in [0.25, 0.3) is 5.91 Å². The lowest BCUT2D eigenvalue weighted by Gasteiger charge is -2.07. The second kappa shape index (κ2) is 5.98. The molecule has 0 aliphatic heterocycles. The van der Waals surface area contributed by atoms with Gasteiger partial charge in [0, 0.05) is 0 Å². The zero-order valence-electron chi connectivity index (χ0n) is 9.25. The van der Waals surface area contributed by atoms with E-state index in [4.69, 9.17) is 11.6 Å². The van der Waals surface area contributed by atoms with Crippen LogP contribution in [0.3, 0.4) is 0 Å². The molecule has 0 unspecified atom stereocenters. The fourth-order valence-electron chi connectivity index (χ4n) is 1.37. The number of carbonyl (C=O) groups excluding carboxylic acids is 1. The first-order valence-corrected chi connectivity index (χ1v) is 7.02. The first-order chi connectivity index (χ1) is 8.99. The number of hydrogen-bond donors (Lipinski definition) is 1. The molecule has 0 aliphatic rings. The number of benzene rings is 1. The highest BCUT2D eigenvalue weighted by atomic mass is 79.9. The molecule has 0 spiro atoms. The zero-order valence-corrected chi connectivity index (χ0v) is 13.2. The van der Waals surface area contributed by atoms with Gasteiger partial charge in [0.05, 0.1) is 26.4 Å². The molecule has 2 rings (SSSR count). The SMILES string of the molecule is O=C(Nc1cnc(Cl)c(Br)c1)c1cccc(Br)c1F. The summed E-state index contributed by atoms with van der Waals surface area (Å²) in [6, 6.07) is 6.08. The Kier molecular flexibility index (Phi) is 4.54. The first-order valence-electron chi connectivity index (χ1n) is 5.05. The molecule has 0 fully saturated rings. The summed E-state index contributed by atoms with van der Waals surface area (Å²) in [4.78, 5) is 15.8. The molecule has 1 aromatic carbocycles. The molecular formula is C12H6Br2ClFN2O. The molecule has 7 heteroatoms. The smallest absolute Gasteiger partial charge is 0.258 e. The predicted molar refractivity (Wildman–Crippen MR) is 79.0 cm³/mol. The predicted octanol–water partition coefficient (Wildman–Crippen LogP) is 4.65. The van der Waals surface area contributed by atoms with Crippen molar-refractivity contribution in [1.82, 2.24) is 4.98 Å². The Labute approximate surface area is 130 Å². The van der Waals surface area contributed by atoms with Crippen LogP contribution in [0.5, 0.6) is 0 Å². The van der Waals surface area contributed by atoms with E-state index in [0.29, 0.717) is 10.2 Å². The van der Waals surface area contributed by atoms with Gasteiger partial charge in [0.1, 0.15) is 11.0 Å². The van der Waals surface area contributed by atoms with Crippen molar-refractivity contribution in [1.29, 1.82) is 0 Å². The van der Waals surface area contributed by atoms with E-state index < -0.39 is 11.7 Å². The Balaban J connectivity index is 2.26. The molecule has 0 bridgehead atoms. The maximum absolute atomic E-state index is 13.7. The lowest BCUT2D eigenvalue weighted by Crippen LogP contribution is -2.14. The highest BCUT2D eigenvalue weighted by molar-refractivity contribution is 9.10. The minimum Gasteiger partial charge on any atom is -0.320 e. The summed E-state index contributed by atoms with van der Waals surface area (Å²) in [6.45, 7) is 0. The molecule has 0 aliphatic carbocycles. The molecule has 19 heavy (non-hydrogen) atoms. The van der Waals surface area contributed by atoms with Crippen molar-refractivity contribution in [3.05, 3.63) is 55.9 Å². The van der Waals surface area contributed by atoms with Crippen molar-refractivity contribution in [3.63, 3.8) is 0 Å². The van der Waals surface area contributed by atoms with E-state index in [0.717, 1.165) is 0 Å². The molecule has 1 aromatic heterocycles. The van der Waals surface area contributed by atoms with Crippen molar-refractivity contribution < 1.29 is 9.18 Å². The van der Waals surface area contributed by atoms with Crippen LogP contribution >= 0.6 is 43.5 Å². The Bertz CT molecular complexity index is 652. The Hall–Kier alpha value is -0.980. The fourth-order valence-corrected chi connectivity index (χ4v) is 2.19. The van der Waals surface area contributed by atoms with Crippen molar-refractivity contribution in [3.8, 4) is 0 Å². The normalized spacial score (nSPS) is 10.3. The van der Waals surface area contributed by atoms with Gasteiger partial charge in [0.2, 0.25) is 0 Å². The number of hydrogen-bond acceptors (Lipinski definition) is 2. The van der Waals surface area contributed by atoms with Gasteiger partial charge in [-0.2, -0.15) is 0 Å². The van der Waals surface area contributed by atoms with Gasteiger partial charge in [0.15, 0.2) is 0 Å². The van der Waals surface area contributed by atoms with Gasteiger partial charge in [-0.3, -0.25) is 4.79 Å². The minimum absolute atomic E-state index is 0.0551. The molecule has 1 heterocycles.